The molecule has 103 heavy (non-hydrogen) atoms. The van der Waals surface area contributed by atoms with Gasteiger partial charge in [0.25, 0.3) is 5.82 Å². The average Bonchev–Trinajstić information content (AvgIpc) is 1.61. The third-order valence-electron chi connectivity index (χ3n) is 22.1. The fourth-order valence-corrected chi connectivity index (χ4v) is 16.7. The minimum Gasteiger partial charge on any atom is -0.455 e. The summed E-state index contributed by atoms with van der Waals surface area (Å²) < 4.78 is 37.5. The van der Waals surface area contributed by atoms with Crippen LogP contribution < -0.4 is 67.6 Å². The molecule has 0 radical (unpaired) electrons. The molecule has 518 valence electrons. The van der Waals surface area contributed by atoms with Crippen LogP contribution in [0.2, 0.25) is 0 Å². The van der Waals surface area contributed by atoms with E-state index in [1.807, 2.05) is 61.8 Å². The first-order valence-electron chi connectivity index (χ1n) is 36.2. The first-order valence-corrected chi connectivity index (χ1v) is 36.2. The molecular formula is C83H93B4N12O4+3. The molecule has 1 unspecified atom stereocenters. The van der Waals surface area contributed by atoms with E-state index >= 15 is 0 Å². The van der Waals surface area contributed by atoms with Crippen molar-refractivity contribution in [3.63, 3.8) is 0 Å². The largest absolute Gasteiger partial charge is 0.669 e. The zero-order valence-corrected chi connectivity index (χ0v) is 62.6. The number of imidazole rings is 2. The van der Waals surface area contributed by atoms with Gasteiger partial charge in [-0.1, -0.05) is 144 Å². The van der Waals surface area contributed by atoms with Gasteiger partial charge in [0.05, 0.1) is 27.3 Å². The van der Waals surface area contributed by atoms with Crippen LogP contribution in [0.5, 0.6) is 0 Å². The molecule has 0 amide bonds. The SMILES string of the molecule is CC(C)c1cccc(C(C)C)c1-n1cc[n+](C)c1B1C=c2oc3ncccc3c2=CN1C.CC1N(B2C=c3c(oc4ccccc34)=CN2C)C(C)(C)CC1(C)C.CN1C=c2oc3ccccc3c2=CB1[n+]1cccn1C.Cc1n(C)c(B2C=c3c(oc4ccccc34)=CN2C)c[n+]1-c1ccccc1. The molecular weight excluding hydrogens is 1270 g/mol. The van der Waals surface area contributed by atoms with E-state index in [0.29, 0.717) is 29.0 Å². The predicted molar refractivity (Wildman–Crippen MR) is 420 cm³/mol. The van der Waals surface area contributed by atoms with Crippen LogP contribution in [0.1, 0.15) is 97.5 Å². The number of furan rings is 4. The van der Waals surface area contributed by atoms with Gasteiger partial charge >= 0.3 is 27.7 Å². The maximum absolute atomic E-state index is 6.13. The Labute approximate surface area is 604 Å². The van der Waals surface area contributed by atoms with Gasteiger partial charge in [0.1, 0.15) is 74.0 Å². The van der Waals surface area contributed by atoms with Crippen LogP contribution in [0.3, 0.4) is 0 Å². The van der Waals surface area contributed by atoms with Gasteiger partial charge in [-0.25, -0.2) is 23.3 Å². The monoisotopic (exact) mass is 1370 g/mol. The quantitative estimate of drug-likeness (QED) is 0.120. The highest BCUT2D eigenvalue weighted by molar-refractivity contribution is 6.83. The number of pyridine rings is 1. The third-order valence-corrected chi connectivity index (χ3v) is 22.1. The van der Waals surface area contributed by atoms with E-state index in [2.05, 4.69) is 333 Å². The Morgan fingerprint density at radius 1 is 0.534 bits per heavy atom. The molecule has 1 atom stereocenters. The van der Waals surface area contributed by atoms with Crippen molar-refractivity contribution in [3.05, 3.63) is 236 Å². The van der Waals surface area contributed by atoms with Crippen molar-refractivity contribution in [2.45, 2.75) is 99.1 Å². The normalized spacial score (nSPS) is 16.4. The van der Waals surface area contributed by atoms with Crippen LogP contribution in [-0.4, -0.2) is 110 Å². The lowest BCUT2D eigenvalue weighted by Crippen LogP contribution is -2.64. The molecule has 8 aromatic heterocycles. The number of hydrogen-bond acceptors (Lipinski definition) is 10. The highest BCUT2D eigenvalue weighted by Crippen LogP contribution is 2.47. The average molecular weight is 1370 g/mol. The summed E-state index contributed by atoms with van der Waals surface area (Å²) in [5.41, 5.74) is 15.4. The summed E-state index contributed by atoms with van der Waals surface area (Å²) in [6.07, 6.45) is 22.2. The molecule has 5 aromatic carbocycles. The predicted octanol–water partition coefficient (Wildman–Crippen LogP) is 6.77. The van der Waals surface area contributed by atoms with E-state index < -0.39 is 0 Å². The standard InChI is InChI=1S/C26H30BN4O.C22H21BN3O.C20H27BN2O.C15H15BN3O/c1-17(2)19-9-7-10-20(18(3)4)24(19)31-14-13-29(5)26(31)27-15-23-22(16-30(27)6)21-11-8-12-28-25(21)32-23;1-16-25(3)22(15-26(16)17-9-5-4-6-10-17)23-13-19-18-11-7-8-12-20(18)27-21(19)14-24(23)2;1-14-19(2,3)13-20(4,5)23(14)21-11-16-15-9-7-8-10-17(15)24-18(16)12-22(21)6;1-17-11-15-13(12-6-3-4-7-14(12)20-15)10-16(17)19-9-5-8-18(19)2/h7-18H,1-6H3;4-15H,1-3H3;7-12,14H,13H2,1-6H3;3-11H,1-2H3/q2*+1;;+1. The Morgan fingerprint density at radius 2 is 1.09 bits per heavy atom. The van der Waals surface area contributed by atoms with E-state index in [1.54, 1.807) is 6.20 Å². The molecule has 5 aliphatic rings. The summed E-state index contributed by atoms with van der Waals surface area (Å²) in [5.74, 6) is 11.2. The van der Waals surface area contributed by atoms with Crippen molar-refractivity contribution >= 4 is 132 Å². The number of fused-ring (bicyclic) bond motifs is 12. The fraction of sp³-hybridized carbons (Fsp3) is 0.277. The van der Waals surface area contributed by atoms with Gasteiger partial charge in [0, 0.05) is 109 Å². The van der Waals surface area contributed by atoms with Crippen molar-refractivity contribution in [1.29, 1.82) is 0 Å². The van der Waals surface area contributed by atoms with Gasteiger partial charge in [-0.3, -0.25) is 0 Å². The first kappa shape index (κ1) is 68.2. The van der Waals surface area contributed by atoms with Crippen molar-refractivity contribution in [3.8, 4) is 11.4 Å². The Kier molecular flexibility index (Phi) is 17.7. The lowest BCUT2D eigenvalue weighted by molar-refractivity contribution is -0.653. The first-order chi connectivity index (χ1) is 49.4. The Bertz CT molecular complexity index is 5930. The molecule has 1 saturated heterocycles. The second-order valence-electron chi connectivity index (χ2n) is 30.5. The number of para-hydroxylation sites is 5. The molecule has 0 spiro atoms. The van der Waals surface area contributed by atoms with Gasteiger partial charge < -0.3 is 41.7 Å². The molecule has 0 saturated carbocycles. The summed E-state index contributed by atoms with van der Waals surface area (Å²) in [6, 6.07) is 48.5. The summed E-state index contributed by atoms with van der Waals surface area (Å²) in [5, 5.41) is 9.30. The smallest absolute Gasteiger partial charge is 0.455 e. The zero-order valence-electron chi connectivity index (χ0n) is 62.6. The maximum Gasteiger partial charge on any atom is 0.669 e. The number of benzene rings is 5. The molecule has 16 nitrogen and oxygen atoms in total. The molecule has 13 heterocycles. The second-order valence-corrected chi connectivity index (χ2v) is 30.5. The van der Waals surface area contributed by atoms with Gasteiger partial charge in [-0.15, -0.1) is 0 Å². The highest BCUT2D eigenvalue weighted by atomic mass is 16.3. The Balaban J connectivity index is 0.000000112. The van der Waals surface area contributed by atoms with Crippen LogP contribution in [-0.2, 0) is 21.1 Å². The summed E-state index contributed by atoms with van der Waals surface area (Å²) in [6.45, 7) is 23.7. The lowest BCUT2D eigenvalue weighted by Gasteiger charge is -2.42. The molecule has 20 heteroatoms. The number of hydrogen-bond donors (Lipinski definition) is 0. The van der Waals surface area contributed by atoms with Crippen LogP contribution >= 0.6 is 0 Å². The summed E-state index contributed by atoms with van der Waals surface area (Å²) >= 11 is 0. The van der Waals surface area contributed by atoms with Crippen molar-refractivity contribution in [2.24, 2.45) is 26.6 Å². The summed E-state index contributed by atoms with van der Waals surface area (Å²) in [4.78, 5) is 16.0. The van der Waals surface area contributed by atoms with Crippen molar-refractivity contribution in [2.75, 3.05) is 28.2 Å². The van der Waals surface area contributed by atoms with E-state index in [9.17, 15) is 0 Å². The second kappa shape index (κ2) is 26.7. The van der Waals surface area contributed by atoms with Gasteiger partial charge in [0.15, 0.2) is 6.20 Å². The van der Waals surface area contributed by atoms with Crippen LogP contribution in [0.25, 0.3) is 104 Å². The number of aromatic nitrogens is 7. The molecule has 0 bridgehead atoms. The van der Waals surface area contributed by atoms with E-state index in [0.717, 1.165) is 49.0 Å². The molecule has 13 aromatic rings. The molecule has 18 rings (SSSR count). The van der Waals surface area contributed by atoms with E-state index in [1.165, 1.54) is 77.9 Å². The topological polar surface area (TPSA) is 108 Å². The molecule has 0 N–H and O–H groups in total. The van der Waals surface area contributed by atoms with Crippen LogP contribution in [0.15, 0.2) is 194 Å². The van der Waals surface area contributed by atoms with Gasteiger partial charge in [-0.2, -0.15) is 9.27 Å². The summed E-state index contributed by atoms with van der Waals surface area (Å²) in [7, 11) is 14.8. The Morgan fingerprint density at radius 3 is 1.67 bits per heavy atom. The maximum atomic E-state index is 6.13. The van der Waals surface area contributed by atoms with Crippen LogP contribution in [0, 0.1) is 12.3 Å². The molecule has 0 aliphatic carbocycles. The molecule has 1 fully saturated rings. The highest BCUT2D eigenvalue weighted by Gasteiger charge is 2.53. The number of rotatable bonds is 8. The van der Waals surface area contributed by atoms with Crippen molar-refractivity contribution < 1.29 is 31.4 Å². The fourth-order valence-electron chi connectivity index (χ4n) is 16.7. The lowest BCUT2D eigenvalue weighted by atomic mass is 9.56. The number of nitrogens with zero attached hydrogens (tertiary/aromatic N) is 12. The molecule has 5 aliphatic heterocycles. The minimum absolute atomic E-state index is 0.0308. The van der Waals surface area contributed by atoms with E-state index in [-0.39, 0.29) is 33.2 Å². The Hall–Kier alpha value is -10.6. The zero-order chi connectivity index (χ0) is 72.1. The minimum atomic E-state index is 0.0308. The van der Waals surface area contributed by atoms with Crippen molar-refractivity contribution in [1.82, 2.24) is 42.9 Å². The third kappa shape index (κ3) is 12.2. The van der Waals surface area contributed by atoms with Gasteiger partial charge in [0.2, 0.25) is 11.4 Å². The van der Waals surface area contributed by atoms with E-state index in [4.69, 9.17) is 17.7 Å². The van der Waals surface area contributed by atoms with Gasteiger partial charge in [-0.05, 0) is 127 Å². The van der Waals surface area contributed by atoms with Crippen LogP contribution in [0.4, 0.5) is 0 Å². The number of aryl methyl sites for hydroxylation is 2.